The van der Waals surface area contributed by atoms with Crippen LogP contribution in [0.3, 0.4) is 0 Å². The predicted molar refractivity (Wildman–Crippen MR) is 69.2 cm³/mol. The van der Waals surface area contributed by atoms with Crippen molar-refractivity contribution < 1.29 is 4.42 Å². The molecule has 0 bridgehead atoms. The Kier molecular flexibility index (Phi) is 3.35. The maximum absolute atomic E-state index is 6.09. The summed E-state index contributed by atoms with van der Waals surface area (Å²) in [5.74, 6) is 0.774. The van der Waals surface area contributed by atoms with Crippen molar-refractivity contribution in [3.63, 3.8) is 0 Å². The van der Waals surface area contributed by atoms with Crippen molar-refractivity contribution in [2.45, 2.75) is 13.0 Å². The van der Waals surface area contributed by atoms with Gasteiger partial charge in [0, 0.05) is 14.2 Å². The lowest BCUT2D eigenvalue weighted by molar-refractivity contribution is 0.472. The summed E-state index contributed by atoms with van der Waals surface area (Å²) < 4.78 is 7.24. The lowest BCUT2D eigenvalue weighted by Gasteiger charge is -2.04. The van der Waals surface area contributed by atoms with Gasteiger partial charge >= 0.3 is 0 Å². The van der Waals surface area contributed by atoms with Crippen LogP contribution in [0.2, 0.25) is 0 Å². The van der Waals surface area contributed by atoms with Crippen LogP contribution in [-0.2, 0) is 0 Å². The first kappa shape index (κ1) is 11.4. The third-order valence-electron chi connectivity index (χ3n) is 2.08. The summed E-state index contributed by atoms with van der Waals surface area (Å²) in [5.41, 5.74) is 6.09. The molecule has 0 saturated heterocycles. The van der Waals surface area contributed by atoms with Gasteiger partial charge in [-0.1, -0.05) is 0 Å². The van der Waals surface area contributed by atoms with Crippen LogP contribution in [0.15, 0.2) is 31.8 Å². The van der Waals surface area contributed by atoms with Gasteiger partial charge < -0.3 is 10.2 Å². The minimum atomic E-state index is -0.189. The molecular formula is C10H9Br2NOS. The number of hydrogen-bond donors (Lipinski definition) is 1. The highest BCUT2D eigenvalue weighted by Crippen LogP contribution is 2.33. The van der Waals surface area contributed by atoms with E-state index in [0.29, 0.717) is 4.67 Å². The molecule has 2 N–H and O–H groups in total. The summed E-state index contributed by atoms with van der Waals surface area (Å²) in [6, 6.07) is 5.59. The topological polar surface area (TPSA) is 39.2 Å². The number of thiophene rings is 1. The molecule has 0 amide bonds. The summed E-state index contributed by atoms with van der Waals surface area (Å²) in [4.78, 5) is 2.33. The van der Waals surface area contributed by atoms with Crippen LogP contribution in [0.25, 0.3) is 0 Å². The molecule has 0 spiro atoms. The Bertz CT molecular complexity index is 458. The number of nitrogens with two attached hydrogens (primary N) is 1. The van der Waals surface area contributed by atoms with E-state index in [0.717, 1.165) is 15.1 Å². The fourth-order valence-electron chi connectivity index (χ4n) is 1.27. The molecule has 15 heavy (non-hydrogen) atoms. The number of halogens is 2. The smallest absolute Gasteiger partial charge is 0.169 e. The maximum atomic E-state index is 6.09. The molecule has 1 atom stereocenters. The van der Waals surface area contributed by atoms with Crippen LogP contribution >= 0.6 is 43.2 Å². The largest absolute Gasteiger partial charge is 0.452 e. The van der Waals surface area contributed by atoms with E-state index >= 15 is 0 Å². The summed E-state index contributed by atoms with van der Waals surface area (Å²) in [6.07, 6.45) is 0. The number of rotatable bonds is 2. The normalized spacial score (nSPS) is 13.1. The number of furan rings is 1. The molecule has 2 aromatic rings. The van der Waals surface area contributed by atoms with Crippen molar-refractivity contribution in [1.29, 1.82) is 0 Å². The first-order valence-electron chi connectivity index (χ1n) is 4.34. The molecule has 5 heteroatoms. The van der Waals surface area contributed by atoms with Crippen LogP contribution in [0.4, 0.5) is 0 Å². The number of aryl methyl sites for hydroxylation is 1. The average Bonchev–Trinajstić information content (AvgIpc) is 2.74. The molecule has 0 aromatic carbocycles. The first-order valence-corrected chi connectivity index (χ1v) is 6.75. The van der Waals surface area contributed by atoms with E-state index in [2.05, 4.69) is 38.8 Å². The van der Waals surface area contributed by atoms with Gasteiger partial charge in [-0.2, -0.15) is 0 Å². The zero-order valence-electron chi connectivity index (χ0n) is 7.96. The van der Waals surface area contributed by atoms with E-state index in [-0.39, 0.29) is 6.04 Å². The van der Waals surface area contributed by atoms with Crippen molar-refractivity contribution in [2.24, 2.45) is 5.73 Å². The Morgan fingerprint density at radius 2 is 2.13 bits per heavy atom. The lowest BCUT2D eigenvalue weighted by Crippen LogP contribution is -2.08. The molecule has 0 radical (unpaired) electrons. The Morgan fingerprint density at radius 1 is 1.40 bits per heavy atom. The molecule has 0 aliphatic heterocycles. The Morgan fingerprint density at radius 3 is 2.60 bits per heavy atom. The lowest BCUT2D eigenvalue weighted by atomic mass is 10.2. The number of hydrogen-bond acceptors (Lipinski definition) is 3. The molecule has 2 rings (SSSR count). The van der Waals surface area contributed by atoms with Crippen molar-refractivity contribution in [3.8, 4) is 0 Å². The zero-order valence-corrected chi connectivity index (χ0v) is 11.9. The van der Waals surface area contributed by atoms with Crippen molar-refractivity contribution >= 4 is 43.2 Å². The fraction of sp³-hybridized carbons (Fsp3) is 0.200. The zero-order chi connectivity index (χ0) is 11.0. The molecule has 0 saturated carbocycles. The molecular weight excluding hydrogens is 342 g/mol. The highest BCUT2D eigenvalue weighted by Gasteiger charge is 2.16. The quantitative estimate of drug-likeness (QED) is 0.880. The van der Waals surface area contributed by atoms with Gasteiger partial charge in [-0.25, -0.2) is 0 Å². The molecule has 0 fully saturated rings. The van der Waals surface area contributed by atoms with E-state index in [1.54, 1.807) is 11.3 Å². The standard InChI is InChI=1S/C10H9Br2NOS/c1-5-6(11)4-8(15-5)10(13)7-2-3-9(12)14-7/h2-4,10H,13H2,1H3. The van der Waals surface area contributed by atoms with Gasteiger partial charge in [0.25, 0.3) is 0 Å². The SMILES string of the molecule is Cc1sc(C(N)c2ccc(Br)o2)cc1Br. The molecule has 0 aliphatic carbocycles. The first-order chi connectivity index (χ1) is 7.08. The van der Waals surface area contributed by atoms with E-state index in [9.17, 15) is 0 Å². The van der Waals surface area contributed by atoms with Crippen molar-refractivity contribution in [3.05, 3.63) is 42.9 Å². The second-order valence-corrected chi connectivity index (χ2v) is 6.10. The third-order valence-corrected chi connectivity index (χ3v) is 4.73. The summed E-state index contributed by atoms with van der Waals surface area (Å²) in [6.45, 7) is 2.06. The molecule has 80 valence electrons. The van der Waals surface area contributed by atoms with Gasteiger partial charge in [-0.3, -0.25) is 0 Å². The second-order valence-electron chi connectivity index (χ2n) is 3.17. The Hall–Kier alpha value is -0.100. The van der Waals surface area contributed by atoms with Gasteiger partial charge in [0.1, 0.15) is 5.76 Å². The van der Waals surface area contributed by atoms with Crippen LogP contribution in [0, 0.1) is 6.92 Å². The minimum absolute atomic E-state index is 0.189. The summed E-state index contributed by atoms with van der Waals surface area (Å²) in [5, 5.41) is 0. The average molecular weight is 351 g/mol. The van der Waals surface area contributed by atoms with Gasteiger partial charge in [0.05, 0.1) is 6.04 Å². The van der Waals surface area contributed by atoms with Gasteiger partial charge in [-0.15, -0.1) is 11.3 Å². The third kappa shape index (κ3) is 2.36. The summed E-state index contributed by atoms with van der Waals surface area (Å²) in [7, 11) is 0. The molecule has 2 nitrogen and oxygen atoms in total. The van der Waals surface area contributed by atoms with Gasteiger partial charge in [0.15, 0.2) is 4.67 Å². The molecule has 2 aromatic heterocycles. The second kappa shape index (κ2) is 4.41. The van der Waals surface area contributed by atoms with E-state index < -0.39 is 0 Å². The van der Waals surface area contributed by atoms with Crippen LogP contribution in [-0.4, -0.2) is 0 Å². The predicted octanol–water partition coefficient (Wildman–Crippen LogP) is 4.22. The van der Waals surface area contributed by atoms with Crippen LogP contribution in [0.1, 0.15) is 21.6 Å². The Labute approximate surface area is 109 Å². The van der Waals surface area contributed by atoms with Gasteiger partial charge in [0.2, 0.25) is 0 Å². The van der Waals surface area contributed by atoms with Crippen LogP contribution in [0.5, 0.6) is 0 Å². The fourth-order valence-corrected chi connectivity index (χ4v) is 3.16. The highest BCUT2D eigenvalue weighted by atomic mass is 79.9. The van der Waals surface area contributed by atoms with E-state index in [4.69, 9.17) is 10.2 Å². The summed E-state index contributed by atoms with van der Waals surface area (Å²) >= 11 is 8.42. The molecule has 2 heterocycles. The van der Waals surface area contributed by atoms with Gasteiger partial charge in [-0.05, 0) is 57.0 Å². The minimum Gasteiger partial charge on any atom is -0.452 e. The van der Waals surface area contributed by atoms with Crippen molar-refractivity contribution in [2.75, 3.05) is 0 Å². The monoisotopic (exact) mass is 349 g/mol. The Balaban J connectivity index is 2.31. The van der Waals surface area contributed by atoms with E-state index in [1.165, 1.54) is 4.88 Å². The molecule has 1 unspecified atom stereocenters. The molecule has 0 aliphatic rings. The highest BCUT2D eigenvalue weighted by molar-refractivity contribution is 9.10. The maximum Gasteiger partial charge on any atom is 0.169 e. The van der Waals surface area contributed by atoms with E-state index in [1.807, 2.05) is 18.2 Å². The van der Waals surface area contributed by atoms with Crippen molar-refractivity contribution in [1.82, 2.24) is 0 Å². The van der Waals surface area contributed by atoms with Crippen LogP contribution < -0.4 is 5.73 Å².